The molecule has 8 heteroatoms. The monoisotopic (exact) mass is 367 g/mol. The standard InChI is InChI=1S/C18H16F3NO4/c1-25-15-5-3-2-4-13(15)10-22-16(23)11-26-17(24)12-6-8-14(9-7-12)18(19,20)21/h2-9H,10-11H2,1H3,(H,22,23). The van der Waals surface area contributed by atoms with Crippen LogP contribution in [0, 0.1) is 0 Å². The maximum absolute atomic E-state index is 12.5. The second kappa shape index (κ2) is 8.37. The number of esters is 1. The van der Waals surface area contributed by atoms with E-state index in [1.807, 2.05) is 0 Å². The molecule has 0 saturated heterocycles. The molecular weight excluding hydrogens is 351 g/mol. The van der Waals surface area contributed by atoms with E-state index < -0.39 is 30.2 Å². The Bertz CT molecular complexity index is 773. The summed E-state index contributed by atoms with van der Waals surface area (Å²) in [5.41, 5.74) is -0.198. The molecule has 0 aliphatic carbocycles. The lowest BCUT2D eigenvalue weighted by atomic mass is 10.1. The van der Waals surface area contributed by atoms with Crippen LogP contribution in [0.2, 0.25) is 0 Å². The summed E-state index contributed by atoms with van der Waals surface area (Å²) in [7, 11) is 1.51. The molecule has 1 N–H and O–H groups in total. The normalized spacial score (nSPS) is 10.9. The van der Waals surface area contributed by atoms with Crippen LogP contribution in [0.15, 0.2) is 48.5 Å². The zero-order chi connectivity index (χ0) is 19.2. The number of carbonyl (C=O) groups excluding carboxylic acids is 2. The highest BCUT2D eigenvalue weighted by Crippen LogP contribution is 2.29. The zero-order valence-electron chi connectivity index (χ0n) is 13.8. The van der Waals surface area contributed by atoms with Gasteiger partial charge in [0.15, 0.2) is 6.61 Å². The number of rotatable bonds is 6. The van der Waals surface area contributed by atoms with E-state index in [0.29, 0.717) is 5.75 Å². The predicted octanol–water partition coefficient (Wildman–Crippen LogP) is 3.19. The number of methoxy groups -OCH3 is 1. The lowest BCUT2D eigenvalue weighted by Gasteiger charge is -2.10. The summed E-state index contributed by atoms with van der Waals surface area (Å²) in [6, 6.07) is 10.6. The van der Waals surface area contributed by atoms with Crippen LogP contribution in [0.5, 0.6) is 5.75 Å². The Morgan fingerprint density at radius 2 is 1.69 bits per heavy atom. The van der Waals surface area contributed by atoms with Crippen molar-refractivity contribution >= 4 is 11.9 Å². The predicted molar refractivity (Wildman–Crippen MR) is 86.6 cm³/mol. The van der Waals surface area contributed by atoms with Gasteiger partial charge < -0.3 is 14.8 Å². The minimum atomic E-state index is -4.49. The molecule has 0 spiro atoms. The Hall–Kier alpha value is -3.03. The van der Waals surface area contributed by atoms with Crippen molar-refractivity contribution in [3.63, 3.8) is 0 Å². The van der Waals surface area contributed by atoms with Gasteiger partial charge in [-0.05, 0) is 30.3 Å². The molecule has 0 fully saturated rings. The van der Waals surface area contributed by atoms with E-state index in [4.69, 9.17) is 9.47 Å². The third kappa shape index (κ3) is 5.23. The van der Waals surface area contributed by atoms with Crippen molar-refractivity contribution in [2.24, 2.45) is 0 Å². The zero-order valence-corrected chi connectivity index (χ0v) is 13.8. The molecule has 2 aromatic carbocycles. The van der Waals surface area contributed by atoms with Crippen molar-refractivity contribution in [1.82, 2.24) is 5.32 Å². The van der Waals surface area contributed by atoms with Gasteiger partial charge in [0.25, 0.3) is 5.91 Å². The molecule has 2 aromatic rings. The molecule has 0 heterocycles. The second-order valence-corrected chi connectivity index (χ2v) is 5.24. The average Bonchev–Trinajstić information content (AvgIpc) is 2.64. The second-order valence-electron chi connectivity index (χ2n) is 5.24. The van der Waals surface area contributed by atoms with E-state index in [2.05, 4.69) is 5.32 Å². The fourth-order valence-electron chi connectivity index (χ4n) is 2.10. The molecule has 0 aliphatic heterocycles. The third-order valence-corrected chi connectivity index (χ3v) is 3.45. The van der Waals surface area contributed by atoms with Gasteiger partial charge in [-0.2, -0.15) is 13.2 Å². The SMILES string of the molecule is COc1ccccc1CNC(=O)COC(=O)c1ccc(C(F)(F)F)cc1. The van der Waals surface area contributed by atoms with Crippen LogP contribution in [-0.4, -0.2) is 25.6 Å². The summed E-state index contributed by atoms with van der Waals surface area (Å²) < 4.78 is 47.4. The highest BCUT2D eigenvalue weighted by atomic mass is 19.4. The first kappa shape index (κ1) is 19.3. The topological polar surface area (TPSA) is 64.6 Å². The van der Waals surface area contributed by atoms with Gasteiger partial charge in [0, 0.05) is 12.1 Å². The Morgan fingerprint density at radius 1 is 1.04 bits per heavy atom. The third-order valence-electron chi connectivity index (χ3n) is 3.45. The van der Waals surface area contributed by atoms with Gasteiger partial charge in [-0.25, -0.2) is 4.79 Å². The first-order chi connectivity index (χ1) is 12.3. The first-order valence-electron chi connectivity index (χ1n) is 7.54. The summed E-state index contributed by atoms with van der Waals surface area (Å²) in [5.74, 6) is -0.822. The summed E-state index contributed by atoms with van der Waals surface area (Å²) in [4.78, 5) is 23.5. The molecule has 0 radical (unpaired) electrons. The molecule has 0 aliphatic rings. The maximum atomic E-state index is 12.5. The van der Waals surface area contributed by atoms with Crippen LogP contribution in [0.1, 0.15) is 21.5 Å². The minimum absolute atomic E-state index is 0.0736. The summed E-state index contributed by atoms with van der Waals surface area (Å²) in [6.45, 7) is -0.365. The molecule has 0 unspecified atom stereocenters. The minimum Gasteiger partial charge on any atom is -0.496 e. The fourth-order valence-corrected chi connectivity index (χ4v) is 2.10. The van der Waals surface area contributed by atoms with Crippen molar-refractivity contribution in [3.8, 4) is 5.75 Å². The number of para-hydroxylation sites is 1. The van der Waals surface area contributed by atoms with E-state index in [0.717, 1.165) is 29.8 Å². The number of nitrogens with one attached hydrogen (secondary N) is 1. The number of benzene rings is 2. The highest BCUT2D eigenvalue weighted by Gasteiger charge is 2.30. The van der Waals surface area contributed by atoms with Gasteiger partial charge in [0.1, 0.15) is 5.75 Å². The van der Waals surface area contributed by atoms with Crippen LogP contribution < -0.4 is 10.1 Å². The van der Waals surface area contributed by atoms with Crippen molar-refractivity contribution < 1.29 is 32.2 Å². The number of amides is 1. The number of hydrogen-bond acceptors (Lipinski definition) is 4. The first-order valence-corrected chi connectivity index (χ1v) is 7.54. The van der Waals surface area contributed by atoms with Crippen molar-refractivity contribution in [1.29, 1.82) is 0 Å². The van der Waals surface area contributed by atoms with Crippen LogP contribution in [0.4, 0.5) is 13.2 Å². The molecule has 138 valence electrons. The molecule has 5 nitrogen and oxygen atoms in total. The van der Waals surface area contributed by atoms with Crippen molar-refractivity contribution in [2.45, 2.75) is 12.7 Å². The quantitative estimate of drug-likeness (QED) is 0.797. The number of ether oxygens (including phenoxy) is 2. The summed E-state index contributed by atoms with van der Waals surface area (Å²) in [6.07, 6.45) is -4.49. The van der Waals surface area contributed by atoms with Crippen LogP contribution in [-0.2, 0) is 22.3 Å². The Balaban J connectivity index is 1.84. The van der Waals surface area contributed by atoms with Gasteiger partial charge in [-0.15, -0.1) is 0 Å². The van der Waals surface area contributed by atoms with E-state index in [1.54, 1.807) is 24.3 Å². The lowest BCUT2D eigenvalue weighted by molar-refractivity contribution is -0.137. The smallest absolute Gasteiger partial charge is 0.416 e. The number of carbonyl (C=O) groups is 2. The molecule has 0 bridgehead atoms. The Labute approximate surface area is 147 Å². The molecule has 0 atom stereocenters. The number of alkyl halides is 3. The van der Waals surface area contributed by atoms with Gasteiger partial charge in [0.05, 0.1) is 18.2 Å². The van der Waals surface area contributed by atoms with E-state index in [9.17, 15) is 22.8 Å². The van der Waals surface area contributed by atoms with Gasteiger partial charge >= 0.3 is 12.1 Å². The van der Waals surface area contributed by atoms with E-state index in [1.165, 1.54) is 7.11 Å². The highest BCUT2D eigenvalue weighted by molar-refractivity contribution is 5.91. The fraction of sp³-hybridized carbons (Fsp3) is 0.222. The van der Waals surface area contributed by atoms with Gasteiger partial charge in [-0.3, -0.25) is 4.79 Å². The Kier molecular flexibility index (Phi) is 6.21. The number of halogens is 3. The van der Waals surface area contributed by atoms with E-state index in [-0.39, 0.29) is 12.1 Å². The van der Waals surface area contributed by atoms with E-state index >= 15 is 0 Å². The van der Waals surface area contributed by atoms with Crippen LogP contribution in [0.25, 0.3) is 0 Å². The molecule has 26 heavy (non-hydrogen) atoms. The maximum Gasteiger partial charge on any atom is 0.416 e. The van der Waals surface area contributed by atoms with Crippen molar-refractivity contribution in [2.75, 3.05) is 13.7 Å². The Morgan fingerprint density at radius 3 is 2.31 bits per heavy atom. The molecule has 2 rings (SSSR count). The molecule has 0 saturated carbocycles. The van der Waals surface area contributed by atoms with Gasteiger partial charge in [-0.1, -0.05) is 18.2 Å². The average molecular weight is 367 g/mol. The molecule has 0 aromatic heterocycles. The van der Waals surface area contributed by atoms with Gasteiger partial charge in [0.2, 0.25) is 0 Å². The lowest BCUT2D eigenvalue weighted by Crippen LogP contribution is -2.28. The summed E-state index contributed by atoms with van der Waals surface area (Å²) in [5, 5.41) is 2.56. The molecular formula is C18H16F3NO4. The number of hydrogen-bond donors (Lipinski definition) is 1. The van der Waals surface area contributed by atoms with Crippen LogP contribution >= 0.6 is 0 Å². The summed E-state index contributed by atoms with van der Waals surface area (Å²) >= 11 is 0. The largest absolute Gasteiger partial charge is 0.496 e. The van der Waals surface area contributed by atoms with Crippen LogP contribution in [0.3, 0.4) is 0 Å². The van der Waals surface area contributed by atoms with Crippen molar-refractivity contribution in [3.05, 3.63) is 65.2 Å². The molecule has 1 amide bonds.